The van der Waals surface area contributed by atoms with Gasteiger partial charge in [0.05, 0.1) is 13.2 Å². The van der Waals surface area contributed by atoms with Crippen molar-refractivity contribution in [3.05, 3.63) is 0 Å². The number of amides is 1. The lowest BCUT2D eigenvalue weighted by molar-refractivity contribution is -0.138. The van der Waals surface area contributed by atoms with E-state index in [-0.39, 0.29) is 0 Å². The number of hydrogen-bond acceptors (Lipinski definition) is 4. The molecule has 0 spiro atoms. The normalized spacial score (nSPS) is 23.2. The third-order valence-corrected chi connectivity index (χ3v) is 3.34. The second-order valence-corrected chi connectivity index (χ2v) is 4.62. The molecule has 0 aromatic heterocycles. The first kappa shape index (κ1) is 11.8. The summed E-state index contributed by atoms with van der Waals surface area (Å²) in [6.45, 7) is 6.80. The molecule has 0 bridgehead atoms. The molecule has 5 heteroatoms. The third-order valence-electron chi connectivity index (χ3n) is 3.34. The van der Waals surface area contributed by atoms with Gasteiger partial charge in [-0.1, -0.05) is 0 Å². The van der Waals surface area contributed by atoms with Gasteiger partial charge in [-0.3, -0.25) is 9.69 Å². The highest BCUT2D eigenvalue weighted by atomic mass is 16.5. The summed E-state index contributed by atoms with van der Waals surface area (Å²) in [6, 6.07) is 0. The molecule has 0 aromatic carbocycles. The van der Waals surface area contributed by atoms with Crippen LogP contribution in [0, 0.1) is 5.92 Å². The summed E-state index contributed by atoms with van der Waals surface area (Å²) in [4.78, 5) is 16.2. The molecule has 0 aromatic rings. The molecule has 2 saturated heterocycles. The van der Waals surface area contributed by atoms with Gasteiger partial charge in [-0.05, 0) is 0 Å². The molecule has 0 atom stereocenters. The van der Waals surface area contributed by atoms with Crippen LogP contribution < -0.4 is 5.73 Å². The molecule has 2 heterocycles. The van der Waals surface area contributed by atoms with Crippen LogP contribution in [-0.2, 0) is 9.53 Å². The lowest BCUT2D eigenvalue weighted by Gasteiger charge is -2.36. The number of rotatable bonds is 4. The predicted octanol–water partition coefficient (Wildman–Crippen LogP) is -0.874. The van der Waals surface area contributed by atoms with Crippen LogP contribution in [0.1, 0.15) is 6.42 Å². The number of ether oxygens (including phenoxy) is 1. The summed E-state index contributed by atoms with van der Waals surface area (Å²) in [5.41, 5.74) is 5.51. The van der Waals surface area contributed by atoms with Crippen molar-refractivity contribution in [3.8, 4) is 0 Å². The van der Waals surface area contributed by atoms with Crippen LogP contribution in [-0.4, -0.2) is 68.2 Å². The van der Waals surface area contributed by atoms with Crippen molar-refractivity contribution < 1.29 is 9.53 Å². The van der Waals surface area contributed by atoms with Crippen molar-refractivity contribution in [2.24, 2.45) is 11.7 Å². The van der Waals surface area contributed by atoms with Crippen LogP contribution in [0.25, 0.3) is 0 Å². The standard InChI is InChI=1S/C11H21N3O2/c12-1-2-13-3-5-14(6-4-13)11(15)7-10-8-16-9-10/h10H,1-9,12H2. The van der Waals surface area contributed by atoms with Crippen molar-refractivity contribution in [3.63, 3.8) is 0 Å². The molecule has 1 amide bonds. The van der Waals surface area contributed by atoms with E-state index >= 15 is 0 Å². The first-order valence-electron chi connectivity index (χ1n) is 6.07. The minimum Gasteiger partial charge on any atom is -0.381 e. The minimum absolute atomic E-state index is 0.292. The summed E-state index contributed by atoms with van der Waals surface area (Å²) >= 11 is 0. The molecule has 2 N–H and O–H groups in total. The van der Waals surface area contributed by atoms with Gasteiger partial charge in [-0.15, -0.1) is 0 Å². The zero-order valence-corrected chi connectivity index (χ0v) is 9.73. The Morgan fingerprint density at radius 2 is 1.94 bits per heavy atom. The molecular formula is C11H21N3O2. The third kappa shape index (κ3) is 2.93. The van der Waals surface area contributed by atoms with E-state index in [2.05, 4.69) is 4.90 Å². The lowest BCUT2D eigenvalue weighted by atomic mass is 10.0. The highest BCUT2D eigenvalue weighted by molar-refractivity contribution is 5.76. The molecule has 0 aliphatic carbocycles. The summed E-state index contributed by atoms with van der Waals surface area (Å²) in [5, 5.41) is 0. The maximum atomic E-state index is 11.9. The maximum absolute atomic E-state index is 11.9. The lowest BCUT2D eigenvalue weighted by Crippen LogP contribution is -2.50. The zero-order valence-electron chi connectivity index (χ0n) is 9.73. The molecule has 2 fully saturated rings. The van der Waals surface area contributed by atoms with Crippen molar-refractivity contribution in [1.29, 1.82) is 0 Å². The number of carbonyl (C=O) groups is 1. The van der Waals surface area contributed by atoms with Crippen LogP contribution in [0.2, 0.25) is 0 Å². The average molecular weight is 227 g/mol. The molecule has 5 nitrogen and oxygen atoms in total. The molecule has 0 unspecified atom stereocenters. The largest absolute Gasteiger partial charge is 0.381 e. The predicted molar refractivity (Wildman–Crippen MR) is 61.0 cm³/mol. The van der Waals surface area contributed by atoms with Gasteiger partial charge in [-0.25, -0.2) is 0 Å². The molecule has 2 rings (SSSR count). The molecule has 2 aliphatic heterocycles. The zero-order chi connectivity index (χ0) is 11.4. The van der Waals surface area contributed by atoms with Crippen LogP contribution in [0.4, 0.5) is 0 Å². The van der Waals surface area contributed by atoms with Gasteiger partial charge in [0.15, 0.2) is 0 Å². The average Bonchev–Trinajstić information content (AvgIpc) is 2.25. The van der Waals surface area contributed by atoms with Gasteiger partial charge in [0.1, 0.15) is 0 Å². The van der Waals surface area contributed by atoms with Crippen molar-refractivity contribution in [2.75, 3.05) is 52.5 Å². The summed E-state index contributed by atoms with van der Waals surface area (Å²) in [6.07, 6.45) is 0.664. The van der Waals surface area contributed by atoms with E-state index in [1.807, 2.05) is 4.90 Å². The Labute approximate surface area is 96.5 Å². The Morgan fingerprint density at radius 1 is 1.25 bits per heavy atom. The second kappa shape index (κ2) is 5.61. The van der Waals surface area contributed by atoms with E-state index in [4.69, 9.17) is 10.5 Å². The van der Waals surface area contributed by atoms with Crippen LogP contribution in [0.5, 0.6) is 0 Å². The molecule has 92 valence electrons. The first-order chi connectivity index (χ1) is 7.79. The summed E-state index contributed by atoms with van der Waals surface area (Å²) < 4.78 is 5.08. The smallest absolute Gasteiger partial charge is 0.223 e. The molecule has 0 radical (unpaired) electrons. The highest BCUT2D eigenvalue weighted by Crippen LogP contribution is 2.16. The molecular weight excluding hydrogens is 206 g/mol. The number of hydrogen-bond donors (Lipinski definition) is 1. The highest BCUT2D eigenvalue weighted by Gasteiger charge is 2.26. The van der Waals surface area contributed by atoms with E-state index in [0.717, 1.165) is 45.9 Å². The maximum Gasteiger partial charge on any atom is 0.223 e. The van der Waals surface area contributed by atoms with Crippen LogP contribution in [0.3, 0.4) is 0 Å². The number of piperazine rings is 1. The van der Waals surface area contributed by atoms with Gasteiger partial charge in [-0.2, -0.15) is 0 Å². The quantitative estimate of drug-likeness (QED) is 0.678. The fourth-order valence-electron chi connectivity index (χ4n) is 2.18. The Balaban J connectivity index is 1.68. The van der Waals surface area contributed by atoms with Gasteiger partial charge in [0.25, 0.3) is 0 Å². The van der Waals surface area contributed by atoms with Gasteiger partial charge >= 0.3 is 0 Å². The van der Waals surface area contributed by atoms with Crippen LogP contribution in [0.15, 0.2) is 0 Å². The fraction of sp³-hybridized carbons (Fsp3) is 0.909. The van der Waals surface area contributed by atoms with E-state index in [1.54, 1.807) is 0 Å². The van der Waals surface area contributed by atoms with Gasteiger partial charge in [0, 0.05) is 51.6 Å². The molecule has 2 aliphatic rings. The monoisotopic (exact) mass is 227 g/mol. The number of nitrogens with zero attached hydrogens (tertiary/aromatic N) is 2. The Morgan fingerprint density at radius 3 is 2.44 bits per heavy atom. The van der Waals surface area contributed by atoms with Gasteiger partial charge in [0.2, 0.25) is 5.91 Å². The van der Waals surface area contributed by atoms with Gasteiger partial charge < -0.3 is 15.4 Å². The first-order valence-corrected chi connectivity index (χ1v) is 6.07. The minimum atomic E-state index is 0.292. The van der Waals surface area contributed by atoms with E-state index < -0.39 is 0 Å². The Kier molecular flexibility index (Phi) is 4.15. The SMILES string of the molecule is NCCN1CCN(C(=O)CC2COC2)CC1. The Hall–Kier alpha value is -0.650. The number of nitrogens with two attached hydrogens (primary N) is 1. The van der Waals surface area contributed by atoms with Crippen molar-refractivity contribution in [1.82, 2.24) is 9.80 Å². The van der Waals surface area contributed by atoms with E-state index in [1.165, 1.54) is 0 Å². The van der Waals surface area contributed by atoms with Crippen LogP contribution >= 0.6 is 0 Å². The van der Waals surface area contributed by atoms with Crippen molar-refractivity contribution in [2.45, 2.75) is 6.42 Å². The Bertz CT molecular complexity index is 235. The van der Waals surface area contributed by atoms with E-state index in [9.17, 15) is 4.79 Å². The number of carbonyl (C=O) groups excluding carboxylic acids is 1. The second-order valence-electron chi connectivity index (χ2n) is 4.62. The molecule has 16 heavy (non-hydrogen) atoms. The van der Waals surface area contributed by atoms with E-state index in [0.29, 0.717) is 24.8 Å². The molecule has 0 saturated carbocycles. The fourth-order valence-corrected chi connectivity index (χ4v) is 2.18. The summed E-state index contributed by atoms with van der Waals surface area (Å²) in [7, 11) is 0. The topological polar surface area (TPSA) is 58.8 Å². The van der Waals surface area contributed by atoms with Crippen molar-refractivity contribution >= 4 is 5.91 Å². The summed E-state index contributed by atoms with van der Waals surface area (Å²) in [5.74, 6) is 0.760.